The van der Waals surface area contributed by atoms with Crippen LogP contribution in [0.1, 0.15) is 41.3 Å². The van der Waals surface area contributed by atoms with E-state index in [1.54, 1.807) is 24.2 Å². The summed E-state index contributed by atoms with van der Waals surface area (Å²) in [5.74, 6) is 0.0218. The number of methoxy groups -OCH3 is 1. The van der Waals surface area contributed by atoms with Crippen molar-refractivity contribution >= 4 is 12.2 Å². The van der Waals surface area contributed by atoms with E-state index in [4.69, 9.17) is 4.74 Å². The number of aryl methyl sites for hydroxylation is 2. The molecule has 3 heterocycles. The number of hydrogen-bond acceptors (Lipinski definition) is 5. The molecule has 1 atom stereocenters. The number of benzene rings is 2. The molecule has 0 spiro atoms. The predicted molar refractivity (Wildman–Crippen MR) is 126 cm³/mol. The Morgan fingerprint density at radius 1 is 1.14 bits per heavy atom. The zero-order valence-corrected chi connectivity index (χ0v) is 19.2. The Kier molecular flexibility index (Phi) is 5.65. The van der Waals surface area contributed by atoms with Crippen LogP contribution in [0, 0.1) is 29.9 Å². The molecule has 1 aliphatic heterocycles. The molecule has 9 heteroatoms. The number of aromatic nitrogens is 5. The number of fused-ring (bicyclic) bond motifs is 1. The van der Waals surface area contributed by atoms with E-state index in [-0.39, 0.29) is 5.56 Å². The highest BCUT2D eigenvalue weighted by Gasteiger charge is 2.42. The Bertz CT molecular complexity index is 1460. The van der Waals surface area contributed by atoms with Gasteiger partial charge in [0.05, 0.1) is 30.9 Å². The first kappa shape index (κ1) is 22.5. The van der Waals surface area contributed by atoms with Gasteiger partial charge in [0.25, 0.3) is 0 Å². The molecular formula is C26H22F2N6O. The molecule has 0 bridgehead atoms. The van der Waals surface area contributed by atoms with Gasteiger partial charge in [0.2, 0.25) is 0 Å². The molecule has 35 heavy (non-hydrogen) atoms. The van der Waals surface area contributed by atoms with E-state index in [0.29, 0.717) is 36.8 Å². The Labute approximate surface area is 200 Å². The van der Waals surface area contributed by atoms with Gasteiger partial charge in [-0.05, 0) is 61.2 Å². The van der Waals surface area contributed by atoms with Crippen LogP contribution in [0.4, 0.5) is 8.78 Å². The monoisotopic (exact) mass is 472 g/mol. The summed E-state index contributed by atoms with van der Waals surface area (Å²) in [5.41, 5.74) is 1.61. The molecule has 0 fully saturated rings. The van der Waals surface area contributed by atoms with Crippen molar-refractivity contribution in [1.82, 2.24) is 24.3 Å². The molecule has 5 rings (SSSR count). The van der Waals surface area contributed by atoms with Crippen LogP contribution in [0.2, 0.25) is 0 Å². The summed E-state index contributed by atoms with van der Waals surface area (Å²) in [5, 5.41) is 14.6. The summed E-state index contributed by atoms with van der Waals surface area (Å²) >= 11 is 0. The lowest BCUT2D eigenvalue weighted by Gasteiger charge is -2.30. The third-order valence-corrected chi connectivity index (χ3v) is 6.16. The van der Waals surface area contributed by atoms with Crippen LogP contribution >= 0.6 is 0 Å². The van der Waals surface area contributed by atoms with Gasteiger partial charge in [-0.25, -0.2) is 23.4 Å². The first-order valence-corrected chi connectivity index (χ1v) is 11.1. The quantitative estimate of drug-likeness (QED) is 0.416. The Balaban J connectivity index is 1.48. The number of ether oxygens (including phenoxy) is 1. The van der Waals surface area contributed by atoms with Crippen LogP contribution in [-0.2, 0) is 12.0 Å². The molecule has 0 amide bonds. The van der Waals surface area contributed by atoms with E-state index < -0.39 is 17.0 Å². The minimum atomic E-state index is -1.27. The lowest BCUT2D eigenvalue weighted by Crippen LogP contribution is -2.34. The van der Waals surface area contributed by atoms with Gasteiger partial charge in [-0.15, -0.1) is 0 Å². The number of nitriles is 1. The Morgan fingerprint density at radius 3 is 2.63 bits per heavy atom. The largest absolute Gasteiger partial charge is 0.495 e. The summed E-state index contributed by atoms with van der Waals surface area (Å²) in [4.78, 5) is 8.85. The second kappa shape index (κ2) is 8.80. The van der Waals surface area contributed by atoms with Gasteiger partial charge in [0, 0.05) is 18.8 Å². The van der Waals surface area contributed by atoms with E-state index in [9.17, 15) is 14.0 Å². The zero-order valence-electron chi connectivity index (χ0n) is 19.2. The van der Waals surface area contributed by atoms with Crippen molar-refractivity contribution in [2.75, 3.05) is 7.11 Å². The van der Waals surface area contributed by atoms with Crippen molar-refractivity contribution in [2.45, 2.75) is 31.7 Å². The molecule has 1 aliphatic rings. The maximum Gasteiger partial charge on any atom is 0.174 e. The van der Waals surface area contributed by atoms with Crippen LogP contribution in [0.3, 0.4) is 0 Å². The average molecular weight is 472 g/mol. The number of hydrogen-bond donors (Lipinski definition) is 0. The molecular weight excluding hydrogens is 450 g/mol. The molecule has 0 radical (unpaired) electrons. The molecule has 2 aromatic heterocycles. The topological polar surface area (TPSA) is 81.5 Å². The van der Waals surface area contributed by atoms with Crippen molar-refractivity contribution in [1.29, 1.82) is 5.26 Å². The van der Waals surface area contributed by atoms with Gasteiger partial charge in [-0.2, -0.15) is 10.4 Å². The zero-order chi connectivity index (χ0) is 24.6. The van der Waals surface area contributed by atoms with Gasteiger partial charge < -0.3 is 9.30 Å². The fourth-order valence-electron chi connectivity index (χ4n) is 4.49. The molecule has 0 aliphatic carbocycles. The summed E-state index contributed by atoms with van der Waals surface area (Å²) in [7, 11) is 1.61. The van der Waals surface area contributed by atoms with Crippen LogP contribution in [0.5, 0.6) is 5.75 Å². The molecule has 4 aromatic rings. The van der Waals surface area contributed by atoms with E-state index >= 15 is 0 Å². The first-order valence-electron chi connectivity index (χ1n) is 11.1. The highest BCUT2D eigenvalue weighted by Crippen LogP contribution is 2.39. The Hall–Kier alpha value is -4.32. The van der Waals surface area contributed by atoms with E-state index in [1.807, 2.05) is 42.0 Å². The van der Waals surface area contributed by atoms with E-state index in [0.717, 1.165) is 23.0 Å². The lowest BCUT2D eigenvalue weighted by molar-refractivity contribution is 0.390. The van der Waals surface area contributed by atoms with Gasteiger partial charge in [0.15, 0.2) is 11.6 Å². The lowest BCUT2D eigenvalue weighted by atomic mass is 9.75. The van der Waals surface area contributed by atoms with Crippen molar-refractivity contribution in [3.8, 4) is 17.5 Å². The molecule has 0 N–H and O–H groups in total. The first-order chi connectivity index (χ1) is 16.9. The number of nitrogens with zero attached hydrogens (tertiary/aromatic N) is 6. The fourth-order valence-corrected chi connectivity index (χ4v) is 4.49. The maximum atomic E-state index is 14.0. The number of rotatable bonds is 5. The van der Waals surface area contributed by atoms with Gasteiger partial charge in [-0.1, -0.05) is 12.1 Å². The van der Waals surface area contributed by atoms with Crippen molar-refractivity contribution in [3.05, 3.63) is 89.0 Å². The van der Waals surface area contributed by atoms with Crippen molar-refractivity contribution < 1.29 is 13.5 Å². The minimum absolute atomic E-state index is 0.247. The van der Waals surface area contributed by atoms with Crippen LogP contribution in [0.15, 0.2) is 48.9 Å². The Morgan fingerprint density at radius 2 is 1.94 bits per heavy atom. The maximum absolute atomic E-state index is 14.0. The van der Waals surface area contributed by atoms with Crippen molar-refractivity contribution in [2.24, 2.45) is 0 Å². The number of imidazole rings is 1. The van der Waals surface area contributed by atoms with Crippen LogP contribution < -0.4 is 4.74 Å². The smallest absolute Gasteiger partial charge is 0.174 e. The molecule has 2 aromatic carbocycles. The van der Waals surface area contributed by atoms with E-state index in [2.05, 4.69) is 21.1 Å². The highest BCUT2D eigenvalue weighted by molar-refractivity contribution is 5.69. The minimum Gasteiger partial charge on any atom is -0.495 e. The summed E-state index contributed by atoms with van der Waals surface area (Å²) in [6.07, 6.45) is 8.28. The van der Waals surface area contributed by atoms with Gasteiger partial charge in [-0.3, -0.25) is 0 Å². The molecule has 176 valence electrons. The van der Waals surface area contributed by atoms with Crippen LogP contribution in [0.25, 0.3) is 17.8 Å². The summed E-state index contributed by atoms with van der Waals surface area (Å²) < 4.78 is 37.0. The normalized spacial score (nSPS) is 17.3. The second-order valence-corrected chi connectivity index (χ2v) is 8.48. The van der Waals surface area contributed by atoms with Crippen molar-refractivity contribution in [3.63, 3.8) is 0 Å². The average Bonchev–Trinajstić information content (AvgIpc) is 3.47. The third-order valence-electron chi connectivity index (χ3n) is 6.16. The SMILES string of the molecule is COc1cc(C=Cc2nc3n(n2)CCC[C@]3(C#N)c2cc(F)cc(F)c2)ccc1-n1cnc(C)c1. The standard InChI is InChI=1S/C26H22F2N6O/c1-17-14-33(16-30-17)22-6-4-18(10-23(22)35-2)5-7-24-31-25-26(15-29,8-3-9-34(25)32-24)19-11-20(27)13-21(28)12-19/h4-7,10-14,16H,3,8-9H2,1-2H3/t26-/m0/s1. The van der Waals surface area contributed by atoms with E-state index in [1.165, 1.54) is 12.1 Å². The third kappa shape index (κ3) is 4.08. The second-order valence-electron chi connectivity index (χ2n) is 8.48. The van der Waals surface area contributed by atoms with Gasteiger partial charge >= 0.3 is 0 Å². The molecule has 0 saturated carbocycles. The molecule has 0 saturated heterocycles. The van der Waals surface area contributed by atoms with Gasteiger partial charge in [0.1, 0.15) is 22.8 Å². The fraction of sp³-hybridized carbons (Fsp3) is 0.231. The number of halogens is 2. The predicted octanol–water partition coefficient (Wildman–Crippen LogP) is 4.83. The molecule has 0 unspecified atom stereocenters. The highest BCUT2D eigenvalue weighted by atomic mass is 19.1. The summed E-state index contributed by atoms with van der Waals surface area (Å²) in [6.45, 7) is 2.49. The summed E-state index contributed by atoms with van der Waals surface area (Å²) in [6, 6.07) is 11.2. The molecule has 7 nitrogen and oxygen atoms in total. The van der Waals surface area contributed by atoms with Crippen LogP contribution in [-0.4, -0.2) is 31.4 Å².